The monoisotopic (exact) mass is 299 g/mol. The predicted molar refractivity (Wildman–Crippen MR) is 76.0 cm³/mol. The molecule has 1 fully saturated rings. The zero-order valence-electron chi connectivity index (χ0n) is 9.58. The van der Waals surface area contributed by atoms with Gasteiger partial charge in [0.05, 0.1) is 0 Å². The van der Waals surface area contributed by atoms with Crippen LogP contribution in [0.25, 0.3) is 0 Å². The molecule has 2 rings (SSSR count). The summed E-state index contributed by atoms with van der Waals surface area (Å²) >= 11 is 5.60. The molecule has 1 aromatic rings. The summed E-state index contributed by atoms with van der Waals surface area (Å²) in [5.41, 5.74) is 1.37. The molecule has 1 heterocycles. The van der Waals surface area contributed by atoms with Crippen LogP contribution in [0.15, 0.2) is 28.7 Å². The number of rotatable bonds is 3. The van der Waals surface area contributed by atoms with Crippen LogP contribution in [0.1, 0.15) is 31.4 Å². The molecule has 1 nitrogen and oxygen atoms in total. The zero-order valence-corrected chi connectivity index (χ0v) is 12.0. The van der Waals surface area contributed by atoms with Crippen molar-refractivity contribution < 1.29 is 0 Å². The third kappa shape index (κ3) is 3.51. The van der Waals surface area contributed by atoms with Gasteiger partial charge in [0.1, 0.15) is 0 Å². The van der Waals surface area contributed by atoms with Gasteiger partial charge in [0, 0.05) is 22.3 Å². The summed E-state index contributed by atoms with van der Waals surface area (Å²) < 4.78 is 1.16. The Morgan fingerprint density at radius 3 is 3.06 bits per heavy atom. The highest BCUT2D eigenvalue weighted by Gasteiger charge is 2.16. The van der Waals surface area contributed by atoms with E-state index in [1.165, 1.54) is 29.9 Å². The molecule has 88 valence electrons. The molecule has 1 aliphatic rings. The van der Waals surface area contributed by atoms with E-state index in [-0.39, 0.29) is 0 Å². The molecule has 1 saturated heterocycles. The first-order valence-electron chi connectivity index (χ1n) is 5.85. The van der Waals surface area contributed by atoms with Crippen LogP contribution in [0.3, 0.4) is 0 Å². The van der Waals surface area contributed by atoms with Gasteiger partial charge in [-0.25, -0.2) is 0 Å². The second-order valence-electron chi connectivity index (χ2n) is 4.36. The average molecular weight is 300 g/mol. The smallest absolute Gasteiger partial charge is 0.0295 e. The number of nitrogens with one attached hydrogen (secondary N) is 1. The van der Waals surface area contributed by atoms with E-state index >= 15 is 0 Å². The van der Waals surface area contributed by atoms with E-state index in [4.69, 9.17) is 0 Å². The van der Waals surface area contributed by atoms with Crippen molar-refractivity contribution in [3.05, 3.63) is 34.3 Å². The fourth-order valence-electron chi connectivity index (χ4n) is 2.10. The van der Waals surface area contributed by atoms with Gasteiger partial charge in [0.15, 0.2) is 0 Å². The van der Waals surface area contributed by atoms with Crippen molar-refractivity contribution in [1.29, 1.82) is 0 Å². The molecule has 0 bridgehead atoms. The third-order valence-electron chi connectivity index (χ3n) is 2.99. The second-order valence-corrected chi connectivity index (χ2v) is 6.42. The van der Waals surface area contributed by atoms with Crippen LogP contribution < -0.4 is 5.32 Å². The first-order chi connectivity index (χ1) is 7.75. The van der Waals surface area contributed by atoms with Gasteiger partial charge in [-0.15, -0.1) is 0 Å². The largest absolute Gasteiger partial charge is 0.307 e. The lowest BCUT2D eigenvalue weighted by Crippen LogP contribution is -2.35. The molecule has 1 aromatic carbocycles. The summed E-state index contributed by atoms with van der Waals surface area (Å²) in [6.07, 6.45) is 2.68. The molecule has 16 heavy (non-hydrogen) atoms. The highest BCUT2D eigenvalue weighted by molar-refractivity contribution is 9.10. The molecule has 0 aliphatic carbocycles. The fraction of sp³-hybridized carbons (Fsp3) is 0.538. The van der Waals surface area contributed by atoms with Crippen LogP contribution in [0.4, 0.5) is 0 Å². The molecule has 0 aromatic heterocycles. The van der Waals surface area contributed by atoms with Crippen molar-refractivity contribution in [3.63, 3.8) is 0 Å². The standard InChI is InChI=1S/C13H18BrNS/c1-10(11-4-2-5-12(14)8-11)15-13-6-3-7-16-9-13/h2,4-5,8,10,13,15H,3,6-7,9H2,1H3/t10-,13?/m0/s1. The van der Waals surface area contributed by atoms with Gasteiger partial charge in [-0.05, 0) is 43.2 Å². The molecular formula is C13H18BrNS. The van der Waals surface area contributed by atoms with Crippen LogP contribution in [0, 0.1) is 0 Å². The maximum atomic E-state index is 3.72. The summed E-state index contributed by atoms with van der Waals surface area (Å²) in [4.78, 5) is 0. The number of hydrogen-bond acceptors (Lipinski definition) is 2. The molecule has 1 aliphatic heterocycles. The Morgan fingerprint density at radius 1 is 1.50 bits per heavy atom. The highest BCUT2D eigenvalue weighted by atomic mass is 79.9. The maximum absolute atomic E-state index is 3.72. The van der Waals surface area contributed by atoms with Crippen LogP contribution in [0.5, 0.6) is 0 Å². The maximum Gasteiger partial charge on any atom is 0.0295 e. The zero-order chi connectivity index (χ0) is 11.4. The van der Waals surface area contributed by atoms with Crippen molar-refractivity contribution in [2.75, 3.05) is 11.5 Å². The Balaban J connectivity index is 1.94. The van der Waals surface area contributed by atoms with E-state index in [0.717, 1.165) is 4.47 Å². The minimum absolute atomic E-state index is 0.446. The van der Waals surface area contributed by atoms with E-state index in [2.05, 4.69) is 64.2 Å². The summed E-state index contributed by atoms with van der Waals surface area (Å²) in [6.45, 7) is 2.25. The molecule has 0 saturated carbocycles. The van der Waals surface area contributed by atoms with Gasteiger partial charge >= 0.3 is 0 Å². The highest BCUT2D eigenvalue weighted by Crippen LogP contribution is 2.22. The van der Waals surface area contributed by atoms with Crippen LogP contribution in [-0.2, 0) is 0 Å². The Bertz CT molecular complexity index is 336. The Morgan fingerprint density at radius 2 is 2.38 bits per heavy atom. The lowest BCUT2D eigenvalue weighted by Gasteiger charge is -2.26. The molecule has 2 atom stereocenters. The van der Waals surface area contributed by atoms with Crippen molar-refractivity contribution in [1.82, 2.24) is 5.32 Å². The van der Waals surface area contributed by atoms with E-state index in [1.807, 2.05) is 0 Å². The normalized spacial score (nSPS) is 23.0. The van der Waals surface area contributed by atoms with Crippen molar-refractivity contribution >= 4 is 27.7 Å². The summed E-state index contributed by atoms with van der Waals surface area (Å²) in [7, 11) is 0. The van der Waals surface area contributed by atoms with Gasteiger partial charge < -0.3 is 5.32 Å². The lowest BCUT2D eigenvalue weighted by atomic mass is 10.1. The Kier molecular flexibility index (Phi) is 4.74. The molecular weight excluding hydrogens is 282 g/mol. The summed E-state index contributed by atoms with van der Waals surface area (Å²) in [6, 6.07) is 9.71. The number of halogens is 1. The molecule has 0 amide bonds. The summed E-state index contributed by atoms with van der Waals surface area (Å²) in [5.74, 6) is 2.60. The molecule has 1 N–H and O–H groups in total. The van der Waals surface area contributed by atoms with Gasteiger partial charge in [0.2, 0.25) is 0 Å². The quantitative estimate of drug-likeness (QED) is 0.905. The number of thioether (sulfide) groups is 1. The Hall–Kier alpha value is 0.01000. The van der Waals surface area contributed by atoms with E-state index < -0.39 is 0 Å². The summed E-state index contributed by atoms with van der Waals surface area (Å²) in [5, 5.41) is 3.72. The van der Waals surface area contributed by atoms with E-state index in [9.17, 15) is 0 Å². The molecule has 0 radical (unpaired) electrons. The number of hydrogen-bond donors (Lipinski definition) is 1. The first kappa shape index (κ1) is 12.5. The van der Waals surface area contributed by atoms with Crippen LogP contribution >= 0.6 is 27.7 Å². The number of benzene rings is 1. The lowest BCUT2D eigenvalue weighted by molar-refractivity contribution is 0.452. The first-order valence-corrected chi connectivity index (χ1v) is 7.80. The minimum Gasteiger partial charge on any atom is -0.307 e. The van der Waals surface area contributed by atoms with E-state index in [1.54, 1.807) is 0 Å². The third-order valence-corrected chi connectivity index (χ3v) is 4.70. The van der Waals surface area contributed by atoms with Crippen molar-refractivity contribution in [2.24, 2.45) is 0 Å². The topological polar surface area (TPSA) is 12.0 Å². The molecule has 3 heteroatoms. The molecule has 1 unspecified atom stereocenters. The van der Waals surface area contributed by atoms with Gasteiger partial charge in [-0.3, -0.25) is 0 Å². The second kappa shape index (κ2) is 6.08. The van der Waals surface area contributed by atoms with Crippen molar-refractivity contribution in [2.45, 2.75) is 31.8 Å². The SMILES string of the molecule is C[C@H](NC1CCCSC1)c1cccc(Br)c1. The average Bonchev–Trinajstić information content (AvgIpc) is 2.30. The molecule has 0 spiro atoms. The van der Waals surface area contributed by atoms with Gasteiger partial charge in [0.25, 0.3) is 0 Å². The Labute approximate surface area is 111 Å². The van der Waals surface area contributed by atoms with Gasteiger partial charge in [-0.2, -0.15) is 11.8 Å². The minimum atomic E-state index is 0.446. The van der Waals surface area contributed by atoms with Crippen LogP contribution in [0.2, 0.25) is 0 Å². The fourth-order valence-corrected chi connectivity index (χ4v) is 3.60. The van der Waals surface area contributed by atoms with E-state index in [0.29, 0.717) is 12.1 Å². The predicted octanol–water partition coefficient (Wildman–Crippen LogP) is 4.00. The van der Waals surface area contributed by atoms with Crippen molar-refractivity contribution in [3.8, 4) is 0 Å². The van der Waals surface area contributed by atoms with Gasteiger partial charge in [-0.1, -0.05) is 28.1 Å². The van der Waals surface area contributed by atoms with Crippen LogP contribution in [-0.4, -0.2) is 17.5 Å².